The lowest BCUT2D eigenvalue weighted by Gasteiger charge is -2.61. The predicted octanol–water partition coefficient (Wildman–Crippen LogP) is 5.43. The Hall–Kier alpha value is -1.38. The zero-order chi connectivity index (χ0) is 23.6. The first kappa shape index (κ1) is 23.4. The first-order valence-electron chi connectivity index (χ1n) is 13.3. The molecule has 0 aromatic carbocycles. The molecule has 5 rings (SSSR count). The van der Waals surface area contributed by atoms with E-state index < -0.39 is 5.60 Å². The van der Waals surface area contributed by atoms with Gasteiger partial charge < -0.3 is 9.84 Å². The second-order valence-electron chi connectivity index (χ2n) is 13.0. The zero-order valence-electron chi connectivity index (χ0n) is 21.3. The van der Waals surface area contributed by atoms with Gasteiger partial charge in [0, 0.05) is 13.3 Å². The van der Waals surface area contributed by atoms with Crippen molar-refractivity contribution in [1.29, 1.82) is 5.26 Å². The molecule has 1 aromatic heterocycles. The minimum atomic E-state index is -0.820. The summed E-state index contributed by atoms with van der Waals surface area (Å²) >= 11 is 0. The Balaban J connectivity index is 1.36. The summed E-state index contributed by atoms with van der Waals surface area (Å²) in [6, 6.07) is 2.15. The van der Waals surface area contributed by atoms with E-state index in [0.29, 0.717) is 35.5 Å². The van der Waals surface area contributed by atoms with Gasteiger partial charge in [0.1, 0.15) is 6.07 Å². The minimum absolute atomic E-state index is 0.187. The Bertz CT molecular complexity index is 918. The largest absolute Gasteiger partial charge is 0.388 e. The van der Waals surface area contributed by atoms with Crippen LogP contribution in [0.3, 0.4) is 0 Å². The maximum atomic E-state index is 11.7. The number of fused-ring (bicyclic) bond motifs is 5. The molecular weight excluding hydrogens is 410 g/mol. The van der Waals surface area contributed by atoms with Crippen LogP contribution in [0.4, 0.5) is 0 Å². The van der Waals surface area contributed by atoms with Crippen LogP contribution in [0.1, 0.15) is 84.6 Å². The molecule has 3 unspecified atom stereocenters. The number of hydrogen-bond donors (Lipinski definition) is 1. The number of nitrogens with zero attached hydrogens (tertiary/aromatic N) is 3. The molecule has 10 atom stereocenters. The molecule has 0 amide bonds. The van der Waals surface area contributed by atoms with Crippen molar-refractivity contribution in [2.24, 2.45) is 46.3 Å². The summed E-state index contributed by atoms with van der Waals surface area (Å²) in [5, 5.41) is 25.2. The monoisotopic (exact) mass is 453 g/mol. The summed E-state index contributed by atoms with van der Waals surface area (Å²) in [5.74, 6) is 4.05. The van der Waals surface area contributed by atoms with Crippen molar-refractivity contribution in [1.82, 2.24) is 9.78 Å². The van der Waals surface area contributed by atoms with E-state index in [1.165, 1.54) is 44.9 Å². The number of aliphatic hydroxyl groups is 1. The number of methoxy groups -OCH3 is 1. The molecular formula is C28H43N3O2. The molecule has 0 saturated heterocycles. The third kappa shape index (κ3) is 3.67. The Morgan fingerprint density at radius 1 is 1.21 bits per heavy atom. The molecule has 182 valence electrons. The molecule has 33 heavy (non-hydrogen) atoms. The minimum Gasteiger partial charge on any atom is -0.388 e. The van der Waals surface area contributed by atoms with Crippen molar-refractivity contribution < 1.29 is 9.84 Å². The average molecular weight is 454 g/mol. The van der Waals surface area contributed by atoms with Crippen molar-refractivity contribution in [3.05, 3.63) is 18.0 Å². The predicted molar refractivity (Wildman–Crippen MR) is 128 cm³/mol. The van der Waals surface area contributed by atoms with Crippen LogP contribution in [0, 0.1) is 57.7 Å². The van der Waals surface area contributed by atoms with Crippen LogP contribution in [-0.4, -0.2) is 33.7 Å². The fraction of sp³-hybridized carbons (Fsp3) is 0.857. The summed E-state index contributed by atoms with van der Waals surface area (Å²) in [4.78, 5) is 0. The molecule has 1 N–H and O–H groups in total. The molecule has 0 spiro atoms. The molecule has 4 saturated carbocycles. The Morgan fingerprint density at radius 2 is 1.94 bits per heavy atom. The Labute approximate surface area is 199 Å². The number of aromatic nitrogens is 2. The third-order valence-electron chi connectivity index (χ3n) is 11.2. The van der Waals surface area contributed by atoms with Gasteiger partial charge in [0.15, 0.2) is 0 Å². The molecule has 0 bridgehead atoms. The van der Waals surface area contributed by atoms with Crippen LogP contribution in [0.2, 0.25) is 0 Å². The summed E-state index contributed by atoms with van der Waals surface area (Å²) < 4.78 is 7.72. The first-order chi connectivity index (χ1) is 15.6. The van der Waals surface area contributed by atoms with Crippen LogP contribution in [0.5, 0.6) is 0 Å². The van der Waals surface area contributed by atoms with Gasteiger partial charge in [-0.1, -0.05) is 20.8 Å². The average Bonchev–Trinajstić information content (AvgIpc) is 3.36. The van der Waals surface area contributed by atoms with Gasteiger partial charge in [0.25, 0.3) is 0 Å². The highest BCUT2D eigenvalue weighted by Crippen LogP contribution is 2.68. The molecule has 0 radical (unpaired) electrons. The van der Waals surface area contributed by atoms with Gasteiger partial charge >= 0.3 is 0 Å². The number of hydrogen-bond acceptors (Lipinski definition) is 4. The molecule has 5 nitrogen and oxygen atoms in total. The third-order valence-corrected chi connectivity index (χ3v) is 11.2. The van der Waals surface area contributed by atoms with E-state index in [0.717, 1.165) is 24.2 Å². The highest BCUT2D eigenvalue weighted by molar-refractivity contribution is 5.22. The van der Waals surface area contributed by atoms with Crippen molar-refractivity contribution in [2.75, 3.05) is 7.11 Å². The van der Waals surface area contributed by atoms with Crippen LogP contribution >= 0.6 is 0 Å². The molecule has 1 aromatic rings. The smallest absolute Gasteiger partial charge is 0.102 e. The maximum Gasteiger partial charge on any atom is 0.102 e. The van der Waals surface area contributed by atoms with Gasteiger partial charge in [-0.25, -0.2) is 0 Å². The van der Waals surface area contributed by atoms with Gasteiger partial charge in [-0.2, -0.15) is 10.4 Å². The fourth-order valence-electron chi connectivity index (χ4n) is 9.79. The van der Waals surface area contributed by atoms with Crippen LogP contribution in [0.15, 0.2) is 12.4 Å². The summed E-state index contributed by atoms with van der Waals surface area (Å²) in [7, 11) is 1.91. The van der Waals surface area contributed by atoms with E-state index in [1.54, 1.807) is 17.1 Å². The van der Waals surface area contributed by atoms with Crippen molar-refractivity contribution in [3.8, 4) is 6.07 Å². The standard InChI is InChI=1S/C28H43N3O2/c1-18-13-26(2)10-8-20-21(23(26)12-24(18)33-5)9-11-27(3)22(20)6-7-25(27)28(4,32)17-31-16-19(14-29)15-30-31/h15-16,18,20-25,32H,6-13,17H2,1-5H3/t18-,20-,21?,22?,23-,24-,25+,26-,27+,28?/m1/s1. The lowest BCUT2D eigenvalue weighted by Crippen LogP contribution is -2.56. The van der Waals surface area contributed by atoms with E-state index >= 15 is 0 Å². The van der Waals surface area contributed by atoms with Gasteiger partial charge in [0.05, 0.1) is 30.0 Å². The van der Waals surface area contributed by atoms with E-state index in [4.69, 9.17) is 10.00 Å². The number of ether oxygens (including phenoxy) is 1. The number of rotatable bonds is 4. The van der Waals surface area contributed by atoms with E-state index in [-0.39, 0.29) is 11.3 Å². The van der Waals surface area contributed by atoms with Gasteiger partial charge in [-0.3, -0.25) is 4.68 Å². The lowest BCUT2D eigenvalue weighted by molar-refractivity contribution is -0.149. The van der Waals surface area contributed by atoms with E-state index in [2.05, 4.69) is 31.9 Å². The highest BCUT2D eigenvalue weighted by atomic mass is 16.5. The molecule has 4 aliphatic rings. The Morgan fingerprint density at radius 3 is 2.64 bits per heavy atom. The Kier molecular flexibility index (Phi) is 5.73. The summed E-state index contributed by atoms with van der Waals surface area (Å²) in [6.45, 7) is 9.92. The summed E-state index contributed by atoms with van der Waals surface area (Å²) in [5.41, 5.74) is 0.403. The molecule has 1 heterocycles. The van der Waals surface area contributed by atoms with Crippen LogP contribution < -0.4 is 0 Å². The van der Waals surface area contributed by atoms with Gasteiger partial charge in [-0.05, 0) is 105 Å². The lowest BCUT2D eigenvalue weighted by atomic mass is 9.45. The summed E-state index contributed by atoms with van der Waals surface area (Å²) in [6.07, 6.45) is 13.9. The van der Waals surface area contributed by atoms with Crippen LogP contribution in [0.25, 0.3) is 0 Å². The van der Waals surface area contributed by atoms with Gasteiger partial charge in [-0.15, -0.1) is 0 Å². The van der Waals surface area contributed by atoms with Gasteiger partial charge in [0.2, 0.25) is 0 Å². The molecule has 4 aliphatic carbocycles. The highest BCUT2D eigenvalue weighted by Gasteiger charge is 2.62. The van der Waals surface area contributed by atoms with E-state index in [1.807, 2.05) is 14.0 Å². The van der Waals surface area contributed by atoms with Crippen LogP contribution in [-0.2, 0) is 11.3 Å². The number of nitriles is 1. The van der Waals surface area contributed by atoms with Crippen molar-refractivity contribution in [3.63, 3.8) is 0 Å². The topological polar surface area (TPSA) is 71.1 Å². The second kappa shape index (κ2) is 8.09. The SMILES string of the molecule is CO[C@@H]1C[C@@H]2C3CC[C@@]4(C)C(CC[C@@H]4C(C)(O)Cn4cc(C#N)cn4)[C@@H]3CC[C@]2(C)C[C@H]1C. The molecule has 0 aliphatic heterocycles. The van der Waals surface area contributed by atoms with E-state index in [9.17, 15) is 5.11 Å². The van der Waals surface area contributed by atoms with Crippen molar-refractivity contribution in [2.45, 2.75) is 97.3 Å². The molecule has 5 heteroatoms. The quantitative estimate of drug-likeness (QED) is 0.660. The second-order valence-corrected chi connectivity index (χ2v) is 13.0. The normalized spacial score (nSPS) is 46.5. The first-order valence-corrected chi connectivity index (χ1v) is 13.3. The zero-order valence-corrected chi connectivity index (χ0v) is 21.3. The van der Waals surface area contributed by atoms with Crippen molar-refractivity contribution >= 4 is 0 Å². The fourth-order valence-corrected chi connectivity index (χ4v) is 9.79. The molecule has 4 fully saturated rings. The maximum absolute atomic E-state index is 11.7.